The van der Waals surface area contributed by atoms with Crippen LogP contribution in [0, 0.1) is 0 Å². The van der Waals surface area contributed by atoms with Gasteiger partial charge < -0.3 is 60.7 Å². The Hall–Kier alpha value is -2.98. The molecule has 53 heavy (non-hydrogen) atoms. The maximum atomic E-state index is 13.3. The summed E-state index contributed by atoms with van der Waals surface area (Å²) in [5.41, 5.74) is 11.9. The Balaban J connectivity index is 1.18. The fourth-order valence-electron chi connectivity index (χ4n) is 5.23. The monoisotopic (exact) mass is 836 g/mol. The smallest absolute Gasteiger partial charge is 0.387 e. The van der Waals surface area contributed by atoms with Crippen LogP contribution in [0.25, 0.3) is 22.3 Å². The topological polar surface area (TPSA) is 434 Å². The number of imidazole rings is 2. The van der Waals surface area contributed by atoms with Crippen LogP contribution in [-0.2, 0) is 49.9 Å². The van der Waals surface area contributed by atoms with Crippen molar-refractivity contribution in [1.82, 2.24) is 39.0 Å². The number of hydrogen-bond acceptors (Lipinski definition) is 22. The molecule has 2 aliphatic heterocycles. The molecule has 0 spiro atoms. The van der Waals surface area contributed by atoms with E-state index in [0.29, 0.717) is 0 Å². The summed E-state index contributed by atoms with van der Waals surface area (Å²) >= 11 is 0. The van der Waals surface area contributed by atoms with E-state index in [1.807, 2.05) is 0 Å². The first kappa shape index (κ1) is 39.7. The SMILES string of the molecule is Nc1ncnc2c1ncn2[C@@H]1O[C@H](COP(=O)(O)O[C@@H]2[C@H](O)[C@@H](COP(=O)(O)OP(=O)(O)OP(=O)(O)O)O[C@H]2n2cnc3c(N)ncnc32)[C@@H](O)[C@H]1O. The predicted octanol–water partition coefficient (Wildman–Crippen LogP) is -2.45. The minimum absolute atomic E-state index is 0.00443. The fourth-order valence-corrected chi connectivity index (χ4v) is 9.19. The van der Waals surface area contributed by atoms with Crippen molar-refractivity contribution in [3.63, 3.8) is 0 Å². The standard InChI is InChI=1S/C20H28N10O19P4/c21-15-9-17(25-3-23-15)29(5-27-9)19-13(33)11(31)7(45-19)1-43-51(37,38)47-14-12(32)8(2-44-52(39,40)49-53(41,42)48-50(34,35)36)46-20(14)30-6-28-10-16(22)24-4-26-18(10)30/h3-8,11-14,19-20,31-33H,1-2H2,(H,37,38)(H,39,40)(H,41,42)(H2,21,23,25)(H2,22,24,26)(H2,34,35,36)/t7-,8-,11-,12-,13-,14-,19-,20-/m1/s1. The number of nitrogens with two attached hydrogens (primary N) is 2. The first-order valence-electron chi connectivity index (χ1n) is 14.3. The molecule has 2 fully saturated rings. The highest BCUT2D eigenvalue weighted by Gasteiger charge is 2.52. The molecule has 2 aliphatic rings. The van der Waals surface area contributed by atoms with E-state index in [1.54, 1.807) is 0 Å². The van der Waals surface area contributed by atoms with E-state index in [2.05, 4.69) is 43.0 Å². The average Bonchev–Trinajstić information content (AvgIpc) is 3.80. The Kier molecular flexibility index (Phi) is 10.9. The van der Waals surface area contributed by atoms with Crippen molar-refractivity contribution in [3.8, 4) is 0 Å². The molecule has 12 N–H and O–H groups in total. The number of ether oxygens (including phenoxy) is 2. The molecule has 3 unspecified atom stereocenters. The van der Waals surface area contributed by atoms with E-state index in [1.165, 1.54) is 10.9 Å². The third-order valence-corrected chi connectivity index (χ3v) is 12.2. The molecule has 0 saturated carbocycles. The van der Waals surface area contributed by atoms with E-state index in [9.17, 15) is 48.3 Å². The molecular formula is C20H28N10O19P4. The van der Waals surface area contributed by atoms with Crippen LogP contribution in [0.2, 0.25) is 0 Å². The van der Waals surface area contributed by atoms with Gasteiger partial charge in [-0.3, -0.25) is 22.7 Å². The van der Waals surface area contributed by atoms with E-state index in [-0.39, 0.29) is 34.0 Å². The van der Waals surface area contributed by atoms with Gasteiger partial charge in [0.2, 0.25) is 0 Å². The molecule has 2 saturated heterocycles. The fraction of sp³-hybridized carbons (Fsp3) is 0.500. The van der Waals surface area contributed by atoms with Crippen molar-refractivity contribution >= 4 is 65.3 Å². The number of aromatic nitrogens is 8. The van der Waals surface area contributed by atoms with Crippen LogP contribution >= 0.6 is 31.3 Å². The number of aliphatic hydroxyl groups excluding tert-OH is 3. The lowest BCUT2D eigenvalue weighted by molar-refractivity contribution is -0.0613. The zero-order chi connectivity index (χ0) is 38.7. The number of rotatable bonds is 14. The number of nitrogens with zero attached hydrogens (tertiary/aromatic N) is 8. The molecule has 0 bridgehead atoms. The largest absolute Gasteiger partial charge is 0.490 e. The number of fused-ring (bicyclic) bond motifs is 2. The zero-order valence-corrected chi connectivity index (χ0v) is 29.5. The van der Waals surface area contributed by atoms with Gasteiger partial charge in [-0.05, 0) is 0 Å². The van der Waals surface area contributed by atoms with Crippen LogP contribution in [0.5, 0.6) is 0 Å². The number of phosphoric ester groups is 2. The van der Waals surface area contributed by atoms with Gasteiger partial charge in [0.05, 0.1) is 25.9 Å². The third kappa shape index (κ3) is 8.64. The van der Waals surface area contributed by atoms with Crippen molar-refractivity contribution < 1.29 is 89.7 Å². The zero-order valence-electron chi connectivity index (χ0n) is 25.9. The van der Waals surface area contributed by atoms with Gasteiger partial charge in [-0.2, -0.15) is 8.62 Å². The molecule has 33 heteroatoms. The van der Waals surface area contributed by atoms with Gasteiger partial charge in [0.1, 0.15) is 60.3 Å². The van der Waals surface area contributed by atoms with Gasteiger partial charge in [0.15, 0.2) is 35.4 Å². The van der Waals surface area contributed by atoms with Gasteiger partial charge in [-0.25, -0.2) is 48.2 Å². The summed E-state index contributed by atoms with van der Waals surface area (Å²) in [6, 6.07) is 0. The molecule has 11 atom stereocenters. The summed E-state index contributed by atoms with van der Waals surface area (Å²) < 4.78 is 84.0. The van der Waals surface area contributed by atoms with E-state index in [4.69, 9.17) is 39.8 Å². The van der Waals surface area contributed by atoms with Crippen molar-refractivity contribution in [2.45, 2.75) is 49.1 Å². The Labute approximate surface area is 293 Å². The van der Waals surface area contributed by atoms with Crippen LogP contribution in [-0.4, -0.2) is 129 Å². The number of aliphatic hydroxyl groups is 3. The van der Waals surface area contributed by atoms with Crippen molar-refractivity contribution in [2.75, 3.05) is 24.7 Å². The molecule has 4 aromatic heterocycles. The molecule has 4 aromatic rings. The highest BCUT2D eigenvalue weighted by atomic mass is 31.3. The molecule has 29 nitrogen and oxygen atoms in total. The maximum Gasteiger partial charge on any atom is 0.490 e. The van der Waals surface area contributed by atoms with Gasteiger partial charge in [0, 0.05) is 0 Å². The lowest BCUT2D eigenvalue weighted by Crippen LogP contribution is -2.36. The summed E-state index contributed by atoms with van der Waals surface area (Å²) in [6.45, 7) is -2.10. The van der Waals surface area contributed by atoms with Crippen LogP contribution in [0.4, 0.5) is 11.6 Å². The summed E-state index contributed by atoms with van der Waals surface area (Å²) in [6.07, 6.45) is -9.24. The molecule has 0 amide bonds. The average molecular weight is 836 g/mol. The minimum atomic E-state index is -5.91. The first-order valence-corrected chi connectivity index (χ1v) is 20.3. The Morgan fingerprint density at radius 1 is 0.642 bits per heavy atom. The molecule has 0 aromatic carbocycles. The van der Waals surface area contributed by atoms with Gasteiger partial charge in [0.25, 0.3) is 0 Å². The molecule has 0 radical (unpaired) electrons. The molecular weight excluding hydrogens is 808 g/mol. The molecule has 292 valence electrons. The van der Waals surface area contributed by atoms with E-state index in [0.717, 1.165) is 23.5 Å². The van der Waals surface area contributed by atoms with E-state index < -0.39 is 93.6 Å². The second-order valence-electron chi connectivity index (χ2n) is 11.0. The quantitative estimate of drug-likeness (QED) is 0.0589. The summed E-state index contributed by atoms with van der Waals surface area (Å²) in [5.74, 6) is -0.0901. The third-order valence-electron chi connectivity index (χ3n) is 7.45. The number of phosphoric acid groups is 4. The summed E-state index contributed by atoms with van der Waals surface area (Å²) in [5, 5.41) is 32.5. The predicted molar refractivity (Wildman–Crippen MR) is 166 cm³/mol. The molecule has 6 rings (SSSR count). The second-order valence-corrected chi connectivity index (χ2v) is 16.8. The summed E-state index contributed by atoms with van der Waals surface area (Å²) in [4.78, 5) is 71.2. The van der Waals surface area contributed by atoms with Crippen LogP contribution in [0.1, 0.15) is 12.5 Å². The normalized spacial score (nSPS) is 30.0. The van der Waals surface area contributed by atoms with E-state index >= 15 is 0 Å². The minimum Gasteiger partial charge on any atom is -0.387 e. The highest BCUT2D eigenvalue weighted by molar-refractivity contribution is 7.66. The molecule has 0 aliphatic carbocycles. The van der Waals surface area contributed by atoms with Crippen LogP contribution in [0.3, 0.4) is 0 Å². The maximum absolute atomic E-state index is 13.3. The van der Waals surface area contributed by atoms with Crippen molar-refractivity contribution in [3.05, 3.63) is 25.3 Å². The Morgan fingerprint density at radius 2 is 1.13 bits per heavy atom. The van der Waals surface area contributed by atoms with Gasteiger partial charge >= 0.3 is 31.3 Å². The number of hydrogen-bond donors (Lipinski definition) is 10. The van der Waals surface area contributed by atoms with Gasteiger partial charge in [-0.15, -0.1) is 0 Å². The second kappa shape index (κ2) is 14.6. The lowest BCUT2D eigenvalue weighted by atomic mass is 10.1. The first-order chi connectivity index (χ1) is 24.7. The number of nitrogen functional groups attached to an aromatic ring is 2. The highest BCUT2D eigenvalue weighted by Crippen LogP contribution is 2.66. The summed E-state index contributed by atoms with van der Waals surface area (Å²) in [7, 11) is -22.6. The Morgan fingerprint density at radius 3 is 1.68 bits per heavy atom. The van der Waals surface area contributed by atoms with Crippen molar-refractivity contribution in [1.29, 1.82) is 0 Å². The van der Waals surface area contributed by atoms with Gasteiger partial charge in [-0.1, -0.05) is 0 Å². The lowest BCUT2D eigenvalue weighted by Gasteiger charge is -2.25. The van der Waals surface area contributed by atoms with Crippen molar-refractivity contribution in [2.24, 2.45) is 0 Å². The molecule has 6 heterocycles. The van der Waals surface area contributed by atoms with Crippen LogP contribution in [0.15, 0.2) is 25.3 Å². The Bertz CT molecular complexity index is 2190. The number of anilines is 2. The van der Waals surface area contributed by atoms with Crippen LogP contribution < -0.4 is 11.5 Å².